The second-order valence-corrected chi connectivity index (χ2v) is 9.76. The molecule has 0 saturated carbocycles. The van der Waals surface area contributed by atoms with Gasteiger partial charge in [-0.15, -0.1) is 0 Å². The van der Waals surface area contributed by atoms with E-state index in [1.807, 2.05) is 65.0 Å². The van der Waals surface area contributed by atoms with E-state index in [1.54, 1.807) is 11.0 Å². The predicted molar refractivity (Wildman–Crippen MR) is 138 cm³/mol. The third kappa shape index (κ3) is 4.98. The molecule has 1 atom stereocenters. The Bertz CT molecular complexity index is 1170. The average molecular weight is 485 g/mol. The maximum atomic E-state index is 14.1. The normalized spacial score (nSPS) is 15.5. The van der Waals surface area contributed by atoms with Crippen molar-refractivity contribution in [1.82, 2.24) is 14.5 Å². The number of anilines is 2. The molecule has 0 radical (unpaired) electrons. The highest BCUT2D eigenvalue weighted by atomic mass is 32.1. The van der Waals surface area contributed by atoms with Gasteiger partial charge in [-0.25, -0.2) is 9.37 Å². The molecule has 0 saturated heterocycles. The first kappa shape index (κ1) is 25.8. The zero-order valence-electron chi connectivity index (χ0n) is 20.3. The van der Waals surface area contributed by atoms with Crippen LogP contribution in [0.5, 0.6) is 0 Å². The van der Waals surface area contributed by atoms with Crippen molar-refractivity contribution in [1.29, 1.82) is 0 Å². The number of aliphatic hydroxyl groups is 1. The van der Waals surface area contributed by atoms with Crippen molar-refractivity contribution in [2.24, 2.45) is 5.92 Å². The lowest BCUT2D eigenvalue weighted by atomic mass is 9.99. The number of hydrogen-bond donors (Lipinski definition) is 2. The number of nitrogens with zero attached hydrogens (tertiary/aromatic N) is 3. The molecule has 1 aromatic heterocycles. The molecule has 182 valence electrons. The van der Waals surface area contributed by atoms with Crippen molar-refractivity contribution < 1.29 is 14.3 Å². The van der Waals surface area contributed by atoms with Gasteiger partial charge in [0.15, 0.2) is 0 Å². The first-order valence-corrected chi connectivity index (χ1v) is 11.3. The summed E-state index contributed by atoms with van der Waals surface area (Å²) in [6.07, 6.45) is -1.06. The molecule has 1 aliphatic rings. The molecular weight excluding hydrogens is 451 g/mol. The molecule has 34 heavy (non-hydrogen) atoms. The van der Waals surface area contributed by atoms with E-state index in [9.17, 15) is 14.3 Å². The number of amides is 1. The van der Waals surface area contributed by atoms with E-state index >= 15 is 0 Å². The highest BCUT2D eigenvalue weighted by Crippen LogP contribution is 2.39. The average Bonchev–Trinajstić information content (AvgIpc) is 3.13. The summed E-state index contributed by atoms with van der Waals surface area (Å²) in [7, 11) is 0. The van der Waals surface area contributed by atoms with E-state index in [2.05, 4.69) is 9.88 Å². The minimum Gasteiger partial charge on any atom is -0.383 e. The van der Waals surface area contributed by atoms with Crippen LogP contribution in [-0.2, 0) is 16.9 Å². The molecular formula is C26H33FN4O2S. The number of halogens is 1. The van der Waals surface area contributed by atoms with Gasteiger partial charge in [-0.05, 0) is 51.0 Å². The molecule has 0 unspecified atom stereocenters. The van der Waals surface area contributed by atoms with E-state index in [-0.39, 0.29) is 37.7 Å². The topological polar surface area (TPSA) is 70.4 Å². The fourth-order valence-electron chi connectivity index (χ4n) is 4.34. The van der Waals surface area contributed by atoms with E-state index in [0.29, 0.717) is 23.6 Å². The molecule has 0 bridgehead atoms. The summed E-state index contributed by atoms with van der Waals surface area (Å²) >= 11 is 0. The van der Waals surface area contributed by atoms with E-state index in [1.165, 1.54) is 12.1 Å². The fraction of sp³-hybridized carbons (Fsp3) is 0.385. The van der Waals surface area contributed by atoms with Crippen LogP contribution in [0.15, 0.2) is 48.5 Å². The number of rotatable bonds is 5. The van der Waals surface area contributed by atoms with E-state index in [4.69, 9.17) is 4.98 Å². The van der Waals surface area contributed by atoms with Crippen LogP contribution in [0.1, 0.15) is 39.1 Å². The Morgan fingerprint density at radius 3 is 2.47 bits per heavy atom. The second-order valence-electron chi connectivity index (χ2n) is 9.76. The first-order valence-electron chi connectivity index (χ1n) is 11.3. The van der Waals surface area contributed by atoms with Crippen LogP contribution in [0, 0.1) is 18.7 Å². The molecule has 2 heterocycles. The fourth-order valence-corrected chi connectivity index (χ4v) is 4.34. The summed E-state index contributed by atoms with van der Waals surface area (Å²) in [5.74, 6) is 0.623. The van der Waals surface area contributed by atoms with E-state index < -0.39 is 11.6 Å². The number of nitrogens with one attached hydrogen (secondary N) is 1. The summed E-state index contributed by atoms with van der Waals surface area (Å²) in [6.45, 7) is 10.4. The Balaban J connectivity index is 0.00000324. The zero-order valence-corrected chi connectivity index (χ0v) is 21.3. The number of hydrogen-bond acceptors (Lipinski definition) is 4. The van der Waals surface area contributed by atoms with Gasteiger partial charge in [0.05, 0.1) is 12.1 Å². The molecule has 3 aromatic rings. The lowest BCUT2D eigenvalue weighted by Crippen LogP contribution is -2.52. The quantitative estimate of drug-likeness (QED) is 0.538. The standard InChI is InChI=1S/C26H31FN4O2.H2S/c1-16(2)23(32)25(33)30-14-21-29-22(18-7-6-8-19(27)13-18)24(31(21)26(4,5)15-30)28-20-11-9-17(3)10-12-20;/h6-13,16,23,28,32H,14-15H2,1-5H3;1H2/t23-;/m0./s1. The van der Waals surface area contributed by atoms with E-state index in [0.717, 1.165) is 17.1 Å². The lowest BCUT2D eigenvalue weighted by Gasteiger charge is -2.41. The number of benzene rings is 2. The number of aliphatic hydroxyl groups excluding tert-OH is 1. The summed E-state index contributed by atoms with van der Waals surface area (Å²) < 4.78 is 16.2. The van der Waals surface area contributed by atoms with Crippen LogP contribution in [0.25, 0.3) is 11.3 Å². The van der Waals surface area contributed by atoms with Gasteiger partial charge >= 0.3 is 0 Å². The molecule has 0 fully saturated rings. The van der Waals surface area contributed by atoms with Crippen LogP contribution in [0.4, 0.5) is 15.9 Å². The molecule has 8 heteroatoms. The van der Waals surface area contributed by atoms with Gasteiger partial charge in [-0.2, -0.15) is 13.5 Å². The minimum atomic E-state index is -1.06. The number of imidazole rings is 1. The van der Waals surface area contributed by atoms with Gasteiger partial charge in [-0.3, -0.25) is 4.79 Å². The van der Waals surface area contributed by atoms with Crippen molar-refractivity contribution in [2.45, 2.75) is 52.8 Å². The van der Waals surface area contributed by atoms with Crippen LogP contribution >= 0.6 is 13.5 Å². The Morgan fingerprint density at radius 2 is 1.85 bits per heavy atom. The molecule has 1 amide bonds. The van der Waals surface area contributed by atoms with Crippen molar-refractivity contribution in [3.8, 4) is 11.3 Å². The Kier molecular flexibility index (Phi) is 7.43. The monoisotopic (exact) mass is 484 g/mol. The van der Waals surface area contributed by atoms with Crippen molar-refractivity contribution in [3.05, 3.63) is 65.7 Å². The Labute approximate surface area is 207 Å². The van der Waals surface area contributed by atoms with Crippen molar-refractivity contribution in [2.75, 3.05) is 11.9 Å². The van der Waals surface area contributed by atoms with Crippen LogP contribution in [-0.4, -0.2) is 38.1 Å². The number of aryl methyl sites for hydroxylation is 1. The predicted octanol–water partition coefficient (Wildman–Crippen LogP) is 4.95. The Morgan fingerprint density at radius 1 is 1.18 bits per heavy atom. The molecule has 2 N–H and O–H groups in total. The van der Waals surface area contributed by atoms with Crippen molar-refractivity contribution >= 4 is 30.9 Å². The number of fused-ring (bicyclic) bond motifs is 1. The smallest absolute Gasteiger partial charge is 0.252 e. The molecule has 0 aliphatic carbocycles. The summed E-state index contributed by atoms with van der Waals surface area (Å²) in [4.78, 5) is 19.5. The molecule has 6 nitrogen and oxygen atoms in total. The first-order chi connectivity index (χ1) is 15.6. The van der Waals surface area contributed by atoms with Gasteiger partial charge < -0.3 is 19.9 Å². The van der Waals surface area contributed by atoms with Gasteiger partial charge in [0.1, 0.15) is 29.3 Å². The number of carbonyl (C=O) groups is 1. The lowest BCUT2D eigenvalue weighted by molar-refractivity contribution is -0.145. The molecule has 0 spiro atoms. The third-order valence-corrected chi connectivity index (χ3v) is 6.07. The van der Waals surface area contributed by atoms with Crippen LogP contribution in [0.2, 0.25) is 0 Å². The molecule has 2 aromatic carbocycles. The van der Waals surface area contributed by atoms with Gasteiger partial charge in [-0.1, -0.05) is 43.7 Å². The highest BCUT2D eigenvalue weighted by molar-refractivity contribution is 7.59. The maximum absolute atomic E-state index is 14.1. The minimum absolute atomic E-state index is 0. The highest BCUT2D eigenvalue weighted by Gasteiger charge is 2.39. The third-order valence-electron chi connectivity index (χ3n) is 6.07. The van der Waals surface area contributed by atoms with Gasteiger partial charge in [0, 0.05) is 17.8 Å². The van der Waals surface area contributed by atoms with Crippen molar-refractivity contribution in [3.63, 3.8) is 0 Å². The summed E-state index contributed by atoms with van der Waals surface area (Å²) in [6, 6.07) is 14.4. The maximum Gasteiger partial charge on any atom is 0.252 e. The molecule has 4 rings (SSSR count). The zero-order chi connectivity index (χ0) is 23.9. The second kappa shape index (κ2) is 9.80. The summed E-state index contributed by atoms with van der Waals surface area (Å²) in [5, 5.41) is 13.9. The van der Waals surface area contributed by atoms with Crippen LogP contribution < -0.4 is 5.32 Å². The Hall–Kier alpha value is -2.84. The SMILES string of the molecule is Cc1ccc(Nc2c(-c3cccc(F)c3)nc3n2C(C)(C)CN(C(=O)[C@@H](O)C(C)C)C3)cc1.S. The van der Waals surface area contributed by atoms with Gasteiger partial charge in [0.2, 0.25) is 0 Å². The number of aromatic nitrogens is 2. The number of carbonyl (C=O) groups excluding carboxylic acids is 1. The molecule has 1 aliphatic heterocycles. The largest absolute Gasteiger partial charge is 0.383 e. The summed E-state index contributed by atoms with van der Waals surface area (Å²) in [5.41, 5.74) is 2.81. The van der Waals surface area contributed by atoms with Gasteiger partial charge in [0.25, 0.3) is 5.91 Å². The van der Waals surface area contributed by atoms with Crippen LogP contribution in [0.3, 0.4) is 0 Å².